The zero-order valence-corrected chi connectivity index (χ0v) is 12.2. The predicted octanol–water partition coefficient (Wildman–Crippen LogP) is 3.16. The molecule has 4 heteroatoms. The Morgan fingerprint density at radius 1 is 1.19 bits per heavy atom. The molecule has 1 N–H and O–H groups in total. The molecule has 0 bridgehead atoms. The highest BCUT2D eigenvalue weighted by atomic mass is 16.5. The van der Waals surface area contributed by atoms with Crippen LogP contribution < -0.4 is 10.2 Å². The van der Waals surface area contributed by atoms with E-state index in [1.165, 1.54) is 0 Å². The molecule has 2 aromatic carbocycles. The highest BCUT2D eigenvalue weighted by Crippen LogP contribution is 2.10. The molecule has 0 spiro atoms. The molecular formula is C17H18N2O2. The number of hydrogen-bond acceptors (Lipinski definition) is 3. The van der Waals surface area contributed by atoms with Crippen molar-refractivity contribution >= 4 is 12.1 Å². The Balaban J connectivity index is 1.96. The van der Waals surface area contributed by atoms with Gasteiger partial charge < -0.3 is 4.74 Å². The van der Waals surface area contributed by atoms with E-state index in [1.807, 2.05) is 56.3 Å². The normalized spacial score (nSPS) is 10.6. The molecule has 0 aromatic heterocycles. The number of nitrogens with one attached hydrogen (secondary N) is 1. The highest BCUT2D eigenvalue weighted by molar-refractivity contribution is 5.96. The summed E-state index contributed by atoms with van der Waals surface area (Å²) in [5.74, 6) is 0.605. The standard InChI is InChI=1S/C17H18N2O2/c1-3-21-15-10-8-14(9-11-15)12-18-19-17(20)16-7-5-4-6-13(16)2/h4-12H,3H2,1-2H3,(H,19,20). The Hall–Kier alpha value is -2.62. The molecule has 0 atom stereocenters. The van der Waals surface area contributed by atoms with Gasteiger partial charge in [-0.1, -0.05) is 18.2 Å². The molecule has 21 heavy (non-hydrogen) atoms. The summed E-state index contributed by atoms with van der Waals surface area (Å²) in [6.45, 7) is 4.47. The Labute approximate surface area is 124 Å². The first-order chi connectivity index (χ1) is 10.2. The third kappa shape index (κ3) is 4.18. The fraction of sp³-hybridized carbons (Fsp3) is 0.176. The zero-order chi connectivity index (χ0) is 15.1. The second-order valence-corrected chi connectivity index (χ2v) is 4.52. The molecule has 0 saturated carbocycles. The molecule has 0 aliphatic heterocycles. The summed E-state index contributed by atoms with van der Waals surface area (Å²) in [5.41, 5.74) is 4.97. The molecule has 2 rings (SSSR count). The number of amides is 1. The van der Waals surface area contributed by atoms with Crippen LogP contribution in [0.5, 0.6) is 5.75 Å². The molecule has 0 fully saturated rings. The van der Waals surface area contributed by atoms with Crippen LogP contribution in [0.2, 0.25) is 0 Å². The van der Waals surface area contributed by atoms with E-state index in [0.717, 1.165) is 16.9 Å². The van der Waals surface area contributed by atoms with Crippen LogP contribution in [0.15, 0.2) is 53.6 Å². The second-order valence-electron chi connectivity index (χ2n) is 4.52. The molecule has 1 amide bonds. The quantitative estimate of drug-likeness (QED) is 0.676. The Morgan fingerprint density at radius 3 is 2.57 bits per heavy atom. The smallest absolute Gasteiger partial charge is 0.271 e. The molecule has 0 saturated heterocycles. The van der Waals surface area contributed by atoms with Crippen molar-refractivity contribution in [3.63, 3.8) is 0 Å². The van der Waals surface area contributed by atoms with Crippen LogP contribution in [0.1, 0.15) is 28.4 Å². The van der Waals surface area contributed by atoms with Gasteiger partial charge in [-0.15, -0.1) is 0 Å². The average molecular weight is 282 g/mol. The van der Waals surface area contributed by atoms with E-state index in [9.17, 15) is 4.79 Å². The van der Waals surface area contributed by atoms with Crippen molar-refractivity contribution in [3.05, 3.63) is 65.2 Å². The van der Waals surface area contributed by atoms with Crippen LogP contribution in [0.25, 0.3) is 0 Å². The minimum Gasteiger partial charge on any atom is -0.494 e. The third-order valence-electron chi connectivity index (χ3n) is 2.96. The van der Waals surface area contributed by atoms with E-state index in [2.05, 4.69) is 10.5 Å². The lowest BCUT2D eigenvalue weighted by Gasteiger charge is -2.03. The van der Waals surface area contributed by atoms with Crippen molar-refractivity contribution in [2.45, 2.75) is 13.8 Å². The average Bonchev–Trinajstić information content (AvgIpc) is 2.49. The van der Waals surface area contributed by atoms with Gasteiger partial charge in [0.15, 0.2) is 0 Å². The molecule has 2 aromatic rings. The van der Waals surface area contributed by atoms with Gasteiger partial charge in [-0.3, -0.25) is 4.79 Å². The first-order valence-corrected chi connectivity index (χ1v) is 6.82. The van der Waals surface area contributed by atoms with E-state index in [4.69, 9.17) is 4.74 Å². The molecule has 0 radical (unpaired) electrons. The lowest BCUT2D eigenvalue weighted by molar-refractivity contribution is 0.0954. The molecule has 0 aliphatic carbocycles. The van der Waals surface area contributed by atoms with Crippen LogP contribution in [0.3, 0.4) is 0 Å². The number of carbonyl (C=O) groups excluding carboxylic acids is 1. The third-order valence-corrected chi connectivity index (χ3v) is 2.96. The fourth-order valence-corrected chi connectivity index (χ4v) is 1.87. The molecule has 0 unspecified atom stereocenters. The largest absolute Gasteiger partial charge is 0.494 e. The van der Waals surface area contributed by atoms with Gasteiger partial charge in [0.25, 0.3) is 5.91 Å². The molecular weight excluding hydrogens is 264 g/mol. The van der Waals surface area contributed by atoms with Gasteiger partial charge in [0.05, 0.1) is 12.8 Å². The van der Waals surface area contributed by atoms with Gasteiger partial charge in [-0.2, -0.15) is 5.10 Å². The van der Waals surface area contributed by atoms with Crippen molar-refractivity contribution in [1.82, 2.24) is 5.43 Å². The first-order valence-electron chi connectivity index (χ1n) is 6.82. The number of carbonyl (C=O) groups is 1. The van der Waals surface area contributed by atoms with Crippen LogP contribution in [-0.4, -0.2) is 18.7 Å². The Kier molecular flexibility index (Phi) is 5.10. The van der Waals surface area contributed by atoms with Gasteiger partial charge >= 0.3 is 0 Å². The summed E-state index contributed by atoms with van der Waals surface area (Å²) >= 11 is 0. The lowest BCUT2D eigenvalue weighted by Crippen LogP contribution is -2.18. The zero-order valence-electron chi connectivity index (χ0n) is 12.2. The summed E-state index contributed by atoms with van der Waals surface area (Å²) in [6, 6.07) is 14.9. The van der Waals surface area contributed by atoms with E-state index in [0.29, 0.717) is 12.2 Å². The topological polar surface area (TPSA) is 50.7 Å². The van der Waals surface area contributed by atoms with Crippen LogP contribution in [0, 0.1) is 6.92 Å². The number of hydrazone groups is 1. The van der Waals surface area contributed by atoms with E-state index in [-0.39, 0.29) is 5.91 Å². The van der Waals surface area contributed by atoms with Gasteiger partial charge in [0.1, 0.15) is 5.75 Å². The van der Waals surface area contributed by atoms with Crippen LogP contribution in [0.4, 0.5) is 0 Å². The Bertz CT molecular complexity index is 633. The Morgan fingerprint density at radius 2 is 1.90 bits per heavy atom. The summed E-state index contributed by atoms with van der Waals surface area (Å²) < 4.78 is 5.36. The fourth-order valence-electron chi connectivity index (χ4n) is 1.87. The van der Waals surface area contributed by atoms with E-state index < -0.39 is 0 Å². The molecule has 0 aliphatic rings. The highest BCUT2D eigenvalue weighted by Gasteiger charge is 2.05. The minimum absolute atomic E-state index is 0.213. The first kappa shape index (κ1) is 14.8. The number of benzene rings is 2. The number of aryl methyl sites for hydroxylation is 1. The number of rotatable bonds is 5. The van der Waals surface area contributed by atoms with E-state index in [1.54, 1.807) is 12.3 Å². The van der Waals surface area contributed by atoms with Gasteiger partial charge in [-0.05, 0) is 55.3 Å². The van der Waals surface area contributed by atoms with Crippen LogP contribution >= 0.6 is 0 Å². The number of ether oxygens (including phenoxy) is 1. The molecule has 0 heterocycles. The maximum Gasteiger partial charge on any atom is 0.271 e. The molecule has 108 valence electrons. The van der Waals surface area contributed by atoms with Gasteiger partial charge in [-0.25, -0.2) is 5.43 Å². The van der Waals surface area contributed by atoms with Crippen molar-refractivity contribution in [3.8, 4) is 5.75 Å². The monoisotopic (exact) mass is 282 g/mol. The van der Waals surface area contributed by atoms with Crippen molar-refractivity contribution in [2.24, 2.45) is 5.10 Å². The van der Waals surface area contributed by atoms with Crippen molar-refractivity contribution in [2.75, 3.05) is 6.61 Å². The summed E-state index contributed by atoms with van der Waals surface area (Å²) in [4.78, 5) is 12.0. The predicted molar refractivity (Wildman–Crippen MR) is 83.9 cm³/mol. The van der Waals surface area contributed by atoms with Crippen molar-refractivity contribution < 1.29 is 9.53 Å². The van der Waals surface area contributed by atoms with Gasteiger partial charge in [0.2, 0.25) is 0 Å². The SMILES string of the molecule is CCOc1ccc(C=NNC(=O)c2ccccc2C)cc1. The number of nitrogens with zero attached hydrogens (tertiary/aromatic N) is 1. The second kappa shape index (κ2) is 7.24. The van der Waals surface area contributed by atoms with Crippen molar-refractivity contribution in [1.29, 1.82) is 0 Å². The van der Waals surface area contributed by atoms with Gasteiger partial charge in [0, 0.05) is 5.56 Å². The maximum atomic E-state index is 12.0. The summed E-state index contributed by atoms with van der Waals surface area (Å²) in [5, 5.41) is 3.97. The van der Waals surface area contributed by atoms with E-state index >= 15 is 0 Å². The minimum atomic E-state index is -0.213. The van der Waals surface area contributed by atoms with Crippen LogP contribution in [-0.2, 0) is 0 Å². The lowest BCUT2D eigenvalue weighted by atomic mass is 10.1. The summed E-state index contributed by atoms with van der Waals surface area (Å²) in [6.07, 6.45) is 1.60. The summed E-state index contributed by atoms with van der Waals surface area (Å²) in [7, 11) is 0. The number of hydrogen-bond donors (Lipinski definition) is 1. The maximum absolute atomic E-state index is 12.0. The molecule has 4 nitrogen and oxygen atoms in total.